The molecule has 0 saturated carbocycles. The van der Waals surface area contributed by atoms with Gasteiger partial charge >= 0.3 is 0 Å². The minimum atomic E-state index is -0.405. The minimum absolute atomic E-state index is 0.405. The van der Waals surface area contributed by atoms with Gasteiger partial charge in [0.15, 0.2) is 0 Å². The number of hydrogen-bond donors (Lipinski definition) is 0. The molecule has 2 nitrogen and oxygen atoms in total. The van der Waals surface area contributed by atoms with Crippen molar-refractivity contribution < 1.29 is 9.53 Å². The van der Waals surface area contributed by atoms with Crippen LogP contribution in [0.25, 0.3) is 0 Å². The van der Waals surface area contributed by atoms with Gasteiger partial charge < -0.3 is 9.53 Å². The number of unbranched alkanes of at least 4 members (excludes halogenated alkanes) is 6. The first-order valence-electron chi connectivity index (χ1n) is 6.78. The van der Waals surface area contributed by atoms with Crippen LogP contribution in [-0.2, 0) is 9.53 Å². The molecule has 1 unspecified atom stereocenters. The first-order chi connectivity index (χ1) is 7.68. The van der Waals surface area contributed by atoms with Crippen molar-refractivity contribution in [2.45, 2.75) is 70.4 Å². The lowest BCUT2D eigenvalue weighted by Gasteiger charge is -2.22. The van der Waals surface area contributed by atoms with Crippen LogP contribution in [0.1, 0.15) is 65.2 Å². The zero-order valence-electron chi connectivity index (χ0n) is 11.3. The fourth-order valence-electron chi connectivity index (χ4n) is 1.93. The van der Waals surface area contributed by atoms with Crippen LogP contribution in [0.15, 0.2) is 0 Å². The van der Waals surface area contributed by atoms with E-state index in [0.29, 0.717) is 6.61 Å². The van der Waals surface area contributed by atoms with Gasteiger partial charge in [0.2, 0.25) is 0 Å². The van der Waals surface area contributed by atoms with Crippen molar-refractivity contribution in [2.24, 2.45) is 0 Å². The standard InChI is InChI=1S/C13H28O2Si/c1-3-5-6-7-8-9-10-11-13(16,12-14)15-4-2/h12H,3-11H2,1-2,16H3. The second kappa shape index (κ2) is 10.0. The molecule has 0 aromatic heterocycles. The van der Waals surface area contributed by atoms with E-state index in [1.165, 1.54) is 38.5 Å². The van der Waals surface area contributed by atoms with Crippen molar-refractivity contribution in [2.75, 3.05) is 6.61 Å². The Kier molecular flexibility index (Phi) is 9.93. The molecule has 0 spiro atoms. The normalized spacial score (nSPS) is 14.9. The maximum absolute atomic E-state index is 10.9. The molecule has 0 aromatic rings. The molecule has 3 heteroatoms. The quantitative estimate of drug-likeness (QED) is 0.317. The number of carbonyl (C=O) groups is 1. The molecular formula is C13H28O2Si. The van der Waals surface area contributed by atoms with Crippen LogP contribution < -0.4 is 0 Å². The molecule has 0 heterocycles. The molecule has 1 atom stereocenters. The first-order valence-corrected chi connectivity index (χ1v) is 7.78. The Labute approximate surface area is 104 Å². The van der Waals surface area contributed by atoms with Gasteiger partial charge in [-0.2, -0.15) is 0 Å². The largest absolute Gasteiger partial charge is 0.373 e. The lowest BCUT2D eigenvalue weighted by molar-refractivity contribution is -0.122. The van der Waals surface area contributed by atoms with E-state index in [1.54, 1.807) is 0 Å². The van der Waals surface area contributed by atoms with Gasteiger partial charge in [-0.3, -0.25) is 0 Å². The summed E-state index contributed by atoms with van der Waals surface area (Å²) in [5.41, 5.74) is 0. The molecule has 0 aliphatic rings. The van der Waals surface area contributed by atoms with E-state index in [4.69, 9.17) is 4.74 Å². The number of rotatable bonds is 11. The zero-order valence-corrected chi connectivity index (χ0v) is 13.3. The molecule has 0 bridgehead atoms. The topological polar surface area (TPSA) is 26.3 Å². The van der Waals surface area contributed by atoms with Crippen molar-refractivity contribution in [1.82, 2.24) is 0 Å². The third-order valence-corrected chi connectivity index (χ3v) is 4.02. The Morgan fingerprint density at radius 1 is 1.06 bits per heavy atom. The molecule has 0 aliphatic heterocycles. The Balaban J connectivity index is 3.44. The lowest BCUT2D eigenvalue weighted by atomic mass is 10.1. The average Bonchev–Trinajstić information content (AvgIpc) is 2.28. The van der Waals surface area contributed by atoms with Crippen molar-refractivity contribution in [3.63, 3.8) is 0 Å². The molecule has 0 fully saturated rings. The van der Waals surface area contributed by atoms with Crippen molar-refractivity contribution >= 4 is 16.5 Å². The van der Waals surface area contributed by atoms with E-state index in [9.17, 15) is 4.79 Å². The number of carbonyl (C=O) groups excluding carboxylic acids is 1. The van der Waals surface area contributed by atoms with Crippen LogP contribution in [0.2, 0.25) is 0 Å². The summed E-state index contributed by atoms with van der Waals surface area (Å²) in [5, 5.41) is -0.405. The molecule has 0 rings (SSSR count). The first kappa shape index (κ1) is 15.8. The van der Waals surface area contributed by atoms with Crippen LogP contribution in [0, 0.1) is 0 Å². The van der Waals surface area contributed by atoms with Gasteiger partial charge in [-0.25, -0.2) is 0 Å². The van der Waals surface area contributed by atoms with E-state index in [1.807, 2.05) is 6.92 Å². The molecule has 0 radical (unpaired) electrons. The van der Waals surface area contributed by atoms with Crippen molar-refractivity contribution in [1.29, 1.82) is 0 Å². The zero-order chi connectivity index (χ0) is 12.3. The summed E-state index contributed by atoms with van der Waals surface area (Å²) in [6.07, 6.45) is 11.0. The molecule has 0 saturated heterocycles. The van der Waals surface area contributed by atoms with Gasteiger partial charge in [0.25, 0.3) is 0 Å². The molecule has 16 heavy (non-hydrogen) atoms. The molecular weight excluding hydrogens is 216 g/mol. The van der Waals surface area contributed by atoms with E-state index in [2.05, 4.69) is 6.92 Å². The van der Waals surface area contributed by atoms with Crippen LogP contribution >= 0.6 is 0 Å². The summed E-state index contributed by atoms with van der Waals surface area (Å²) >= 11 is 0. The van der Waals surface area contributed by atoms with Gasteiger partial charge in [0, 0.05) is 6.61 Å². The van der Waals surface area contributed by atoms with Gasteiger partial charge in [-0.1, -0.05) is 51.9 Å². The second-order valence-electron chi connectivity index (χ2n) is 4.73. The molecule has 0 N–H and O–H groups in total. The Hall–Kier alpha value is -0.153. The van der Waals surface area contributed by atoms with Crippen LogP contribution in [0.3, 0.4) is 0 Å². The molecule has 0 amide bonds. The summed E-state index contributed by atoms with van der Waals surface area (Å²) in [4.78, 5) is 10.9. The maximum Gasteiger partial charge on any atom is 0.147 e. The highest BCUT2D eigenvalue weighted by Gasteiger charge is 2.22. The third-order valence-electron chi connectivity index (χ3n) is 3.00. The number of ether oxygens (including phenoxy) is 1. The number of aldehydes is 1. The highest BCUT2D eigenvalue weighted by Crippen LogP contribution is 2.15. The fourth-order valence-corrected chi connectivity index (χ4v) is 2.57. The Bertz CT molecular complexity index is 173. The minimum Gasteiger partial charge on any atom is -0.373 e. The molecule has 0 aromatic carbocycles. The van der Waals surface area contributed by atoms with E-state index >= 15 is 0 Å². The van der Waals surface area contributed by atoms with Crippen LogP contribution in [0.5, 0.6) is 0 Å². The highest BCUT2D eigenvalue weighted by atomic mass is 28.1. The smallest absolute Gasteiger partial charge is 0.147 e. The summed E-state index contributed by atoms with van der Waals surface area (Å²) < 4.78 is 5.52. The van der Waals surface area contributed by atoms with Crippen molar-refractivity contribution in [3.05, 3.63) is 0 Å². The highest BCUT2D eigenvalue weighted by molar-refractivity contribution is 6.23. The predicted octanol–water partition coefficient (Wildman–Crippen LogP) is 2.42. The second-order valence-corrected chi connectivity index (χ2v) is 6.43. The van der Waals surface area contributed by atoms with Gasteiger partial charge in [0.05, 0.1) is 10.2 Å². The summed E-state index contributed by atoms with van der Waals surface area (Å²) in [6, 6.07) is 0. The summed E-state index contributed by atoms with van der Waals surface area (Å²) in [5.74, 6) is 0. The van der Waals surface area contributed by atoms with Crippen molar-refractivity contribution in [3.8, 4) is 0 Å². The van der Waals surface area contributed by atoms with Crippen LogP contribution in [0.4, 0.5) is 0 Å². The summed E-state index contributed by atoms with van der Waals surface area (Å²) in [6.45, 7) is 4.85. The monoisotopic (exact) mass is 244 g/mol. The third kappa shape index (κ3) is 8.05. The van der Waals surface area contributed by atoms with Crippen LogP contribution in [-0.4, -0.2) is 28.4 Å². The van der Waals surface area contributed by atoms with E-state index < -0.39 is 5.22 Å². The molecule has 0 aliphatic carbocycles. The van der Waals surface area contributed by atoms with Gasteiger partial charge in [0.1, 0.15) is 11.5 Å². The summed E-state index contributed by atoms with van der Waals surface area (Å²) in [7, 11) is 0.809. The Morgan fingerprint density at radius 3 is 2.12 bits per heavy atom. The predicted molar refractivity (Wildman–Crippen MR) is 73.0 cm³/mol. The maximum atomic E-state index is 10.9. The van der Waals surface area contributed by atoms with E-state index in [0.717, 1.165) is 29.4 Å². The van der Waals surface area contributed by atoms with Gasteiger partial charge in [-0.15, -0.1) is 0 Å². The Morgan fingerprint density at radius 2 is 1.62 bits per heavy atom. The fraction of sp³-hybridized carbons (Fsp3) is 0.923. The lowest BCUT2D eigenvalue weighted by Crippen LogP contribution is -2.35. The average molecular weight is 244 g/mol. The SMILES string of the molecule is CCCCCCCCCC([SiH3])(C=O)OCC. The molecule has 96 valence electrons. The van der Waals surface area contributed by atoms with Gasteiger partial charge in [-0.05, 0) is 13.3 Å². The number of hydrogen-bond acceptors (Lipinski definition) is 2. The van der Waals surface area contributed by atoms with E-state index in [-0.39, 0.29) is 0 Å².